The average Bonchev–Trinajstić information content (AvgIpc) is 2.69. The van der Waals surface area contributed by atoms with Crippen molar-refractivity contribution in [3.05, 3.63) is 78.1 Å². The fourth-order valence-corrected chi connectivity index (χ4v) is 3.13. The van der Waals surface area contributed by atoms with Crippen LogP contribution in [0.25, 0.3) is 22.0 Å². The lowest BCUT2D eigenvalue weighted by Crippen LogP contribution is -2.00. The van der Waals surface area contributed by atoms with Crippen LogP contribution in [0.3, 0.4) is 0 Å². The first-order chi connectivity index (χ1) is 13.1. The summed E-state index contributed by atoms with van der Waals surface area (Å²) in [6.07, 6.45) is 3.64. The Morgan fingerprint density at radius 3 is 2.48 bits per heavy atom. The van der Waals surface area contributed by atoms with E-state index in [2.05, 4.69) is 83.7 Å². The molecule has 0 aliphatic carbocycles. The summed E-state index contributed by atoms with van der Waals surface area (Å²) in [4.78, 5) is 4.30. The summed E-state index contributed by atoms with van der Waals surface area (Å²) in [7, 11) is 0. The topological polar surface area (TPSA) is 50.7 Å². The van der Waals surface area contributed by atoms with Gasteiger partial charge in [0.05, 0.1) is 0 Å². The Kier molecular flexibility index (Phi) is 4.55. The van der Waals surface area contributed by atoms with E-state index in [1.54, 1.807) is 6.20 Å². The molecule has 1 N–H and O–H groups in total. The molecule has 0 bridgehead atoms. The molecule has 0 fully saturated rings. The SMILES string of the molecule is Cc1ccc(-c2nnc(Nc3cccc(C(C)C)c3)c3cnccc23)cc1. The van der Waals surface area contributed by atoms with E-state index in [0.717, 1.165) is 33.5 Å². The number of aryl methyl sites for hydroxylation is 1. The highest BCUT2D eigenvalue weighted by Crippen LogP contribution is 2.31. The molecule has 27 heavy (non-hydrogen) atoms. The van der Waals surface area contributed by atoms with Gasteiger partial charge in [-0.15, -0.1) is 10.2 Å². The third kappa shape index (κ3) is 3.51. The van der Waals surface area contributed by atoms with Gasteiger partial charge in [-0.1, -0.05) is 55.8 Å². The number of nitrogens with one attached hydrogen (secondary N) is 1. The van der Waals surface area contributed by atoms with E-state index < -0.39 is 0 Å². The van der Waals surface area contributed by atoms with Gasteiger partial charge < -0.3 is 5.32 Å². The minimum absolute atomic E-state index is 0.472. The van der Waals surface area contributed by atoms with Crippen molar-refractivity contribution in [2.45, 2.75) is 26.7 Å². The van der Waals surface area contributed by atoms with Gasteiger partial charge in [-0.2, -0.15) is 0 Å². The minimum Gasteiger partial charge on any atom is -0.338 e. The monoisotopic (exact) mass is 354 g/mol. The standard InChI is InChI=1S/C23H22N4/c1-15(2)18-5-4-6-19(13-18)25-23-21-14-24-12-11-20(21)22(26-27-23)17-9-7-16(3)8-10-17/h4-15H,1-3H3,(H,25,27). The largest absolute Gasteiger partial charge is 0.338 e. The molecule has 0 radical (unpaired) electrons. The molecule has 0 amide bonds. The van der Waals surface area contributed by atoms with Gasteiger partial charge in [-0.25, -0.2) is 0 Å². The fraction of sp³-hybridized carbons (Fsp3) is 0.174. The van der Waals surface area contributed by atoms with Crippen LogP contribution in [0, 0.1) is 6.92 Å². The minimum atomic E-state index is 0.472. The van der Waals surface area contributed by atoms with E-state index in [1.165, 1.54) is 11.1 Å². The Morgan fingerprint density at radius 1 is 0.889 bits per heavy atom. The maximum atomic E-state index is 4.52. The van der Waals surface area contributed by atoms with Crippen LogP contribution in [0.4, 0.5) is 11.5 Å². The molecule has 2 aromatic heterocycles. The van der Waals surface area contributed by atoms with Crippen LogP contribution in [0.15, 0.2) is 67.0 Å². The number of rotatable bonds is 4. The average molecular weight is 354 g/mol. The van der Waals surface area contributed by atoms with Gasteiger partial charge in [0.25, 0.3) is 0 Å². The molecule has 4 nitrogen and oxygen atoms in total. The number of anilines is 2. The molecule has 0 unspecified atom stereocenters. The van der Waals surface area contributed by atoms with E-state index >= 15 is 0 Å². The first kappa shape index (κ1) is 17.2. The van der Waals surface area contributed by atoms with Crippen molar-refractivity contribution in [3.63, 3.8) is 0 Å². The van der Waals surface area contributed by atoms with Crippen LogP contribution in [0.5, 0.6) is 0 Å². The smallest absolute Gasteiger partial charge is 0.162 e. The molecule has 134 valence electrons. The van der Waals surface area contributed by atoms with Gasteiger partial charge in [0.2, 0.25) is 0 Å². The summed E-state index contributed by atoms with van der Waals surface area (Å²) in [5.41, 5.74) is 5.43. The van der Waals surface area contributed by atoms with Crippen molar-refractivity contribution in [1.29, 1.82) is 0 Å². The third-order valence-corrected chi connectivity index (χ3v) is 4.72. The highest BCUT2D eigenvalue weighted by Gasteiger charge is 2.12. The predicted molar refractivity (Wildman–Crippen MR) is 111 cm³/mol. The number of hydrogen-bond acceptors (Lipinski definition) is 4. The van der Waals surface area contributed by atoms with Crippen LogP contribution in [0.2, 0.25) is 0 Å². The molecule has 4 rings (SSSR count). The highest BCUT2D eigenvalue weighted by atomic mass is 15.2. The molecule has 2 heterocycles. The van der Waals surface area contributed by atoms with E-state index in [-0.39, 0.29) is 0 Å². The molecule has 0 saturated carbocycles. The van der Waals surface area contributed by atoms with Crippen LogP contribution < -0.4 is 5.32 Å². The second-order valence-corrected chi connectivity index (χ2v) is 7.09. The van der Waals surface area contributed by atoms with Gasteiger partial charge >= 0.3 is 0 Å². The van der Waals surface area contributed by atoms with Crippen LogP contribution in [0.1, 0.15) is 30.9 Å². The quantitative estimate of drug-likeness (QED) is 0.498. The lowest BCUT2D eigenvalue weighted by molar-refractivity contribution is 0.867. The normalized spacial score (nSPS) is 11.1. The third-order valence-electron chi connectivity index (χ3n) is 4.72. The molecule has 0 saturated heterocycles. The number of aromatic nitrogens is 3. The summed E-state index contributed by atoms with van der Waals surface area (Å²) < 4.78 is 0. The van der Waals surface area contributed by atoms with Crippen molar-refractivity contribution in [1.82, 2.24) is 15.2 Å². The Morgan fingerprint density at radius 2 is 1.70 bits per heavy atom. The Bertz CT molecular complexity index is 1080. The first-order valence-corrected chi connectivity index (χ1v) is 9.16. The van der Waals surface area contributed by atoms with Gasteiger partial charge in [-0.05, 0) is 36.6 Å². The number of nitrogens with zero attached hydrogens (tertiary/aromatic N) is 3. The molecular weight excluding hydrogens is 332 g/mol. The van der Waals surface area contributed by atoms with Gasteiger partial charge in [0, 0.05) is 34.4 Å². The molecule has 4 aromatic rings. The fourth-order valence-electron chi connectivity index (χ4n) is 3.13. The summed E-state index contributed by atoms with van der Waals surface area (Å²) in [6.45, 7) is 6.46. The van der Waals surface area contributed by atoms with Crippen molar-refractivity contribution in [3.8, 4) is 11.3 Å². The Balaban J connectivity index is 1.78. The van der Waals surface area contributed by atoms with E-state index in [4.69, 9.17) is 0 Å². The van der Waals surface area contributed by atoms with E-state index in [0.29, 0.717) is 5.92 Å². The molecule has 0 aliphatic heterocycles. The zero-order valence-corrected chi connectivity index (χ0v) is 15.8. The Hall–Kier alpha value is -3.27. The Labute approximate surface area is 159 Å². The second-order valence-electron chi connectivity index (χ2n) is 7.09. The molecule has 0 spiro atoms. The molecule has 2 aromatic carbocycles. The van der Waals surface area contributed by atoms with Crippen LogP contribution in [-0.2, 0) is 0 Å². The van der Waals surface area contributed by atoms with E-state index in [1.807, 2.05) is 18.3 Å². The van der Waals surface area contributed by atoms with E-state index in [9.17, 15) is 0 Å². The van der Waals surface area contributed by atoms with Gasteiger partial charge in [0.15, 0.2) is 5.82 Å². The zero-order valence-electron chi connectivity index (χ0n) is 15.8. The van der Waals surface area contributed by atoms with Gasteiger partial charge in [0.1, 0.15) is 5.69 Å². The zero-order chi connectivity index (χ0) is 18.8. The van der Waals surface area contributed by atoms with Crippen molar-refractivity contribution >= 4 is 22.3 Å². The lowest BCUT2D eigenvalue weighted by atomic mass is 10.0. The summed E-state index contributed by atoms with van der Waals surface area (Å²) in [6, 6.07) is 18.7. The first-order valence-electron chi connectivity index (χ1n) is 9.16. The second kappa shape index (κ2) is 7.16. The lowest BCUT2D eigenvalue weighted by Gasteiger charge is -2.12. The van der Waals surface area contributed by atoms with Crippen molar-refractivity contribution < 1.29 is 0 Å². The maximum absolute atomic E-state index is 4.52. The molecule has 0 aliphatic rings. The summed E-state index contributed by atoms with van der Waals surface area (Å²) in [5.74, 6) is 1.19. The van der Waals surface area contributed by atoms with Crippen LogP contribution in [-0.4, -0.2) is 15.2 Å². The molecular formula is C23H22N4. The van der Waals surface area contributed by atoms with Crippen LogP contribution >= 0.6 is 0 Å². The molecule has 0 atom stereocenters. The summed E-state index contributed by atoms with van der Waals surface area (Å²) >= 11 is 0. The molecule has 4 heteroatoms. The number of fused-ring (bicyclic) bond motifs is 1. The van der Waals surface area contributed by atoms with Crippen molar-refractivity contribution in [2.24, 2.45) is 0 Å². The predicted octanol–water partition coefficient (Wildman–Crippen LogP) is 5.87. The maximum Gasteiger partial charge on any atom is 0.162 e. The van der Waals surface area contributed by atoms with Crippen molar-refractivity contribution in [2.75, 3.05) is 5.32 Å². The number of benzene rings is 2. The van der Waals surface area contributed by atoms with Gasteiger partial charge in [-0.3, -0.25) is 4.98 Å². The highest BCUT2D eigenvalue weighted by molar-refractivity contribution is 6.00. The number of pyridine rings is 1. The summed E-state index contributed by atoms with van der Waals surface area (Å²) in [5, 5.41) is 14.4. The number of hydrogen-bond donors (Lipinski definition) is 1.